The molecule has 1 heterocycles. The molecule has 1 saturated carbocycles. The average Bonchev–Trinajstić information content (AvgIpc) is 3.53. The number of ether oxygens (including phenoxy) is 2. The maximum Gasteiger partial charge on any atom is 0.338 e. The highest BCUT2D eigenvalue weighted by atomic mass is 16.5. The number of esters is 2. The predicted octanol–water partition coefficient (Wildman–Crippen LogP) is 1.07. The van der Waals surface area contributed by atoms with Crippen LogP contribution >= 0.6 is 0 Å². The largest absolute Gasteiger partial charge is 0.462 e. The van der Waals surface area contributed by atoms with Gasteiger partial charge in [0.1, 0.15) is 12.1 Å². The zero-order valence-electron chi connectivity index (χ0n) is 16.7. The summed E-state index contributed by atoms with van der Waals surface area (Å²) in [6.45, 7) is 2.46. The van der Waals surface area contributed by atoms with Crippen LogP contribution in [0.4, 0.5) is 10.5 Å². The Bertz CT molecular complexity index is 879. The van der Waals surface area contributed by atoms with Crippen molar-refractivity contribution in [3.05, 3.63) is 29.8 Å². The number of benzene rings is 1. The molecule has 30 heavy (non-hydrogen) atoms. The number of hydrogen-bond acceptors (Lipinski definition) is 7. The third kappa shape index (κ3) is 4.58. The molecule has 0 bridgehead atoms. The Morgan fingerprint density at radius 1 is 1.17 bits per heavy atom. The van der Waals surface area contributed by atoms with Gasteiger partial charge in [-0.25, -0.2) is 9.59 Å². The zero-order valence-corrected chi connectivity index (χ0v) is 16.7. The summed E-state index contributed by atoms with van der Waals surface area (Å²) in [6.07, 6.45) is 1.70. The second-order valence-corrected chi connectivity index (χ2v) is 7.30. The minimum atomic E-state index is -0.982. The second kappa shape index (κ2) is 8.52. The number of imide groups is 1. The van der Waals surface area contributed by atoms with Crippen LogP contribution in [0.5, 0.6) is 0 Å². The van der Waals surface area contributed by atoms with E-state index in [-0.39, 0.29) is 12.5 Å². The van der Waals surface area contributed by atoms with Crippen LogP contribution < -0.4 is 10.6 Å². The summed E-state index contributed by atoms with van der Waals surface area (Å²) in [7, 11) is 0. The first-order valence-electron chi connectivity index (χ1n) is 9.61. The van der Waals surface area contributed by atoms with Crippen molar-refractivity contribution < 1.29 is 33.4 Å². The second-order valence-electron chi connectivity index (χ2n) is 7.30. The van der Waals surface area contributed by atoms with E-state index < -0.39 is 48.5 Å². The van der Waals surface area contributed by atoms with E-state index in [1.54, 1.807) is 13.8 Å². The van der Waals surface area contributed by atoms with Gasteiger partial charge in [0.05, 0.1) is 12.2 Å². The summed E-state index contributed by atoms with van der Waals surface area (Å²) in [4.78, 5) is 60.9. The highest BCUT2D eigenvalue weighted by Crippen LogP contribution is 2.42. The number of nitrogens with zero attached hydrogens (tertiary/aromatic N) is 1. The number of rotatable bonds is 8. The lowest BCUT2D eigenvalue weighted by Gasteiger charge is -2.20. The van der Waals surface area contributed by atoms with Gasteiger partial charge in [-0.2, -0.15) is 0 Å². The molecule has 0 radical (unpaired) electrons. The van der Waals surface area contributed by atoms with Gasteiger partial charge in [-0.3, -0.25) is 19.3 Å². The molecule has 0 unspecified atom stereocenters. The Labute approximate surface area is 172 Å². The quantitative estimate of drug-likeness (QED) is 0.478. The van der Waals surface area contributed by atoms with Gasteiger partial charge in [-0.1, -0.05) is 0 Å². The van der Waals surface area contributed by atoms with Crippen LogP contribution in [-0.2, 0) is 23.9 Å². The smallest absolute Gasteiger partial charge is 0.338 e. The molecule has 2 aliphatic rings. The van der Waals surface area contributed by atoms with Crippen molar-refractivity contribution in [2.24, 2.45) is 5.92 Å². The van der Waals surface area contributed by atoms with Gasteiger partial charge in [-0.15, -0.1) is 0 Å². The number of amides is 4. The van der Waals surface area contributed by atoms with Crippen molar-refractivity contribution in [3.8, 4) is 0 Å². The summed E-state index contributed by atoms with van der Waals surface area (Å²) in [6, 6.07) is 5.37. The fraction of sp³-hybridized carbons (Fsp3) is 0.450. The van der Waals surface area contributed by atoms with Gasteiger partial charge in [0.2, 0.25) is 0 Å². The molecule has 1 aromatic carbocycles. The average molecular weight is 417 g/mol. The van der Waals surface area contributed by atoms with E-state index in [0.29, 0.717) is 11.3 Å². The van der Waals surface area contributed by atoms with Crippen molar-refractivity contribution >= 4 is 35.5 Å². The van der Waals surface area contributed by atoms with E-state index in [2.05, 4.69) is 10.6 Å². The van der Waals surface area contributed by atoms with Crippen molar-refractivity contribution in [3.63, 3.8) is 0 Å². The van der Waals surface area contributed by atoms with Gasteiger partial charge in [0.15, 0.2) is 6.61 Å². The Balaban J connectivity index is 1.45. The molecule has 1 saturated heterocycles. The summed E-state index contributed by atoms with van der Waals surface area (Å²) < 4.78 is 9.75. The molecular weight excluding hydrogens is 394 g/mol. The summed E-state index contributed by atoms with van der Waals surface area (Å²) in [5, 5.41) is 5.15. The van der Waals surface area contributed by atoms with Crippen LogP contribution in [0.2, 0.25) is 0 Å². The van der Waals surface area contributed by atoms with E-state index in [9.17, 15) is 24.0 Å². The molecule has 0 spiro atoms. The zero-order chi connectivity index (χ0) is 21.9. The van der Waals surface area contributed by atoms with E-state index in [0.717, 1.165) is 17.7 Å². The van der Waals surface area contributed by atoms with Gasteiger partial charge >= 0.3 is 18.0 Å². The Morgan fingerprint density at radius 2 is 1.83 bits per heavy atom. The SMILES string of the molecule is CCOC(=O)c1ccc(NC(=O)COC(=O)CN2C(=O)N[C@@](C)(C3CC3)C2=O)cc1. The minimum absolute atomic E-state index is 0.0796. The Morgan fingerprint density at radius 3 is 2.43 bits per heavy atom. The number of nitrogens with one attached hydrogen (secondary N) is 2. The predicted molar refractivity (Wildman–Crippen MR) is 103 cm³/mol. The van der Waals surface area contributed by atoms with E-state index in [1.807, 2.05) is 0 Å². The topological polar surface area (TPSA) is 131 Å². The van der Waals surface area contributed by atoms with Gasteiger partial charge < -0.3 is 20.1 Å². The van der Waals surface area contributed by atoms with Gasteiger partial charge in [0.25, 0.3) is 11.8 Å². The molecule has 1 atom stereocenters. The van der Waals surface area contributed by atoms with E-state index in [1.165, 1.54) is 24.3 Å². The highest BCUT2D eigenvalue weighted by molar-refractivity contribution is 6.09. The molecule has 10 heteroatoms. The standard InChI is InChI=1S/C20H23N3O7/c1-3-29-17(26)12-4-8-14(9-5-12)21-15(24)11-30-16(25)10-23-18(27)20(2,13-6-7-13)22-19(23)28/h4-5,8-9,13H,3,6-7,10-11H2,1-2H3,(H,21,24)(H,22,28)/t20-/m0/s1. The molecule has 1 aliphatic carbocycles. The normalized spacial score (nSPS) is 20.5. The monoisotopic (exact) mass is 417 g/mol. The van der Waals surface area contributed by atoms with E-state index >= 15 is 0 Å². The van der Waals surface area contributed by atoms with Crippen LogP contribution in [0.25, 0.3) is 0 Å². The minimum Gasteiger partial charge on any atom is -0.462 e. The first-order valence-corrected chi connectivity index (χ1v) is 9.61. The molecule has 0 aromatic heterocycles. The van der Waals surface area contributed by atoms with Crippen LogP contribution in [-0.4, -0.2) is 60.0 Å². The molecule has 1 aromatic rings. The fourth-order valence-electron chi connectivity index (χ4n) is 3.22. The van der Waals surface area contributed by atoms with Crippen molar-refractivity contribution in [1.82, 2.24) is 10.2 Å². The van der Waals surface area contributed by atoms with Crippen molar-refractivity contribution in [2.75, 3.05) is 25.1 Å². The van der Waals surface area contributed by atoms with Crippen molar-refractivity contribution in [2.45, 2.75) is 32.2 Å². The Hall–Kier alpha value is -3.43. The molecular formula is C20H23N3O7. The molecule has 4 amide bonds. The van der Waals surface area contributed by atoms with Crippen LogP contribution in [0, 0.1) is 5.92 Å². The molecule has 160 valence electrons. The summed E-state index contributed by atoms with van der Waals surface area (Å²) in [5.41, 5.74) is -0.240. The number of hydrogen-bond donors (Lipinski definition) is 2. The van der Waals surface area contributed by atoms with Crippen LogP contribution in [0.3, 0.4) is 0 Å². The fourth-order valence-corrected chi connectivity index (χ4v) is 3.22. The lowest BCUT2D eigenvalue weighted by atomic mass is 9.96. The van der Waals surface area contributed by atoms with Crippen molar-refractivity contribution in [1.29, 1.82) is 0 Å². The number of carbonyl (C=O) groups is 5. The summed E-state index contributed by atoms with van der Waals surface area (Å²) in [5.74, 6) is -2.32. The third-order valence-electron chi connectivity index (χ3n) is 5.03. The maximum atomic E-state index is 12.5. The number of urea groups is 1. The van der Waals surface area contributed by atoms with Gasteiger partial charge in [0, 0.05) is 5.69 Å². The molecule has 2 N–H and O–H groups in total. The van der Waals surface area contributed by atoms with Crippen LogP contribution in [0.1, 0.15) is 37.0 Å². The van der Waals surface area contributed by atoms with Gasteiger partial charge in [-0.05, 0) is 56.9 Å². The molecule has 1 aliphatic heterocycles. The first kappa shape index (κ1) is 21.3. The molecule has 2 fully saturated rings. The van der Waals surface area contributed by atoms with Crippen LogP contribution in [0.15, 0.2) is 24.3 Å². The number of carbonyl (C=O) groups excluding carboxylic acids is 5. The molecule has 3 rings (SSSR count). The highest BCUT2D eigenvalue weighted by Gasteiger charge is 2.56. The lowest BCUT2D eigenvalue weighted by Crippen LogP contribution is -2.46. The lowest BCUT2D eigenvalue weighted by molar-refractivity contribution is -0.150. The molecule has 10 nitrogen and oxygen atoms in total. The maximum absolute atomic E-state index is 12.5. The number of anilines is 1. The third-order valence-corrected chi connectivity index (χ3v) is 5.03. The van der Waals surface area contributed by atoms with E-state index in [4.69, 9.17) is 9.47 Å². The Kier molecular flexibility index (Phi) is 6.04. The first-order chi connectivity index (χ1) is 14.2. The summed E-state index contributed by atoms with van der Waals surface area (Å²) >= 11 is 0.